The molecule has 0 radical (unpaired) electrons. The van der Waals surface area contributed by atoms with Gasteiger partial charge in [0.25, 0.3) is 0 Å². The molecule has 0 N–H and O–H groups in total. The number of aryl methyl sites for hydroxylation is 2. The average Bonchev–Trinajstić information content (AvgIpc) is 2.49. The lowest BCUT2D eigenvalue weighted by molar-refractivity contribution is 0.692. The van der Waals surface area contributed by atoms with Crippen molar-refractivity contribution in [3.63, 3.8) is 0 Å². The smallest absolute Gasteiger partial charge is 0.102 e. The molecule has 78 valence electrons. The van der Waals surface area contributed by atoms with Crippen molar-refractivity contribution >= 4 is 23.4 Å². The molecule has 0 aliphatic rings. The largest absolute Gasteiger partial charge is 0.261 e. The van der Waals surface area contributed by atoms with Crippen molar-refractivity contribution in [2.75, 3.05) is 0 Å². The number of hydrogen-bond donors (Lipinski definition) is 0. The number of hydrogen-bond acceptors (Lipinski definition) is 3. The first kappa shape index (κ1) is 10.5. The zero-order valence-electron chi connectivity index (χ0n) is 8.44. The number of rotatable bonds is 2. The van der Waals surface area contributed by atoms with Crippen LogP contribution >= 0.6 is 23.4 Å². The lowest BCUT2D eigenvalue weighted by Gasteiger charge is -2.00. The summed E-state index contributed by atoms with van der Waals surface area (Å²) in [6.07, 6.45) is 1.65. The van der Waals surface area contributed by atoms with E-state index in [1.54, 1.807) is 18.0 Å². The Kier molecular flexibility index (Phi) is 2.98. The van der Waals surface area contributed by atoms with Crippen LogP contribution in [0.1, 0.15) is 5.69 Å². The van der Waals surface area contributed by atoms with Crippen molar-refractivity contribution in [3.05, 3.63) is 35.1 Å². The quantitative estimate of drug-likeness (QED) is 0.808. The van der Waals surface area contributed by atoms with Crippen LogP contribution in [0.3, 0.4) is 0 Å². The Morgan fingerprint density at radius 2 is 2.20 bits per heavy atom. The van der Waals surface area contributed by atoms with E-state index in [4.69, 9.17) is 11.6 Å². The molecule has 0 fully saturated rings. The van der Waals surface area contributed by atoms with Gasteiger partial charge in [-0.25, -0.2) is 4.98 Å². The summed E-state index contributed by atoms with van der Waals surface area (Å²) in [5.41, 5.74) is 1.01. The van der Waals surface area contributed by atoms with Crippen molar-refractivity contribution in [1.29, 1.82) is 0 Å². The molecular weight excluding hydrogens is 230 g/mol. The summed E-state index contributed by atoms with van der Waals surface area (Å²) in [4.78, 5) is 4.21. The highest BCUT2D eigenvalue weighted by Gasteiger charge is 2.04. The zero-order valence-corrected chi connectivity index (χ0v) is 10.0. The third kappa shape index (κ3) is 2.52. The van der Waals surface area contributed by atoms with Gasteiger partial charge in [-0.3, -0.25) is 4.68 Å². The lowest BCUT2D eigenvalue weighted by Crippen LogP contribution is -1.92. The van der Waals surface area contributed by atoms with Gasteiger partial charge < -0.3 is 0 Å². The lowest BCUT2D eigenvalue weighted by atomic mass is 10.5. The van der Waals surface area contributed by atoms with E-state index in [-0.39, 0.29) is 0 Å². The second-order valence-electron chi connectivity index (χ2n) is 3.16. The van der Waals surface area contributed by atoms with Crippen molar-refractivity contribution in [1.82, 2.24) is 14.8 Å². The fourth-order valence-corrected chi connectivity index (χ4v) is 2.18. The van der Waals surface area contributed by atoms with Gasteiger partial charge in [-0.2, -0.15) is 5.10 Å². The summed E-state index contributed by atoms with van der Waals surface area (Å²) >= 11 is 7.34. The van der Waals surface area contributed by atoms with Crippen molar-refractivity contribution < 1.29 is 0 Å². The van der Waals surface area contributed by atoms with Gasteiger partial charge in [0.1, 0.15) is 10.1 Å². The minimum atomic E-state index is 0.653. The van der Waals surface area contributed by atoms with Gasteiger partial charge in [0, 0.05) is 13.2 Å². The number of aromatic nitrogens is 3. The Balaban J connectivity index is 2.21. The van der Waals surface area contributed by atoms with Gasteiger partial charge in [-0.15, -0.1) is 0 Å². The first-order valence-corrected chi connectivity index (χ1v) is 5.64. The molecule has 0 unspecified atom stereocenters. The number of halogens is 1. The fourth-order valence-electron chi connectivity index (χ4n) is 1.21. The monoisotopic (exact) mass is 239 g/mol. The Bertz CT molecular complexity index is 464. The predicted molar refractivity (Wildman–Crippen MR) is 61.3 cm³/mol. The van der Waals surface area contributed by atoms with Crippen LogP contribution in [0.2, 0.25) is 5.02 Å². The van der Waals surface area contributed by atoms with E-state index >= 15 is 0 Å². The van der Waals surface area contributed by atoms with E-state index in [0.29, 0.717) is 5.02 Å². The molecule has 15 heavy (non-hydrogen) atoms. The molecule has 2 rings (SSSR count). The van der Waals surface area contributed by atoms with E-state index in [1.807, 2.05) is 36.9 Å². The van der Waals surface area contributed by atoms with Crippen molar-refractivity contribution in [3.8, 4) is 0 Å². The molecule has 0 bridgehead atoms. The predicted octanol–water partition coefficient (Wildman–Crippen LogP) is 2.93. The molecular formula is C10H10ClN3S. The van der Waals surface area contributed by atoms with Crippen LogP contribution in [-0.2, 0) is 7.05 Å². The molecule has 5 heteroatoms. The molecule has 0 saturated heterocycles. The van der Waals surface area contributed by atoms with E-state index < -0.39 is 0 Å². The Morgan fingerprint density at radius 1 is 1.40 bits per heavy atom. The summed E-state index contributed by atoms with van der Waals surface area (Å²) in [5, 5.41) is 6.91. The molecule has 2 aromatic rings. The molecule has 3 nitrogen and oxygen atoms in total. The topological polar surface area (TPSA) is 30.7 Å². The van der Waals surface area contributed by atoms with Gasteiger partial charge >= 0.3 is 0 Å². The molecule has 0 aliphatic heterocycles. The van der Waals surface area contributed by atoms with E-state index in [9.17, 15) is 0 Å². The van der Waals surface area contributed by atoms with Crippen molar-refractivity contribution in [2.45, 2.75) is 17.0 Å². The van der Waals surface area contributed by atoms with Gasteiger partial charge in [0.15, 0.2) is 0 Å². The average molecular weight is 240 g/mol. The molecule has 0 saturated carbocycles. The highest BCUT2D eigenvalue weighted by atomic mass is 35.5. The fraction of sp³-hybridized carbons (Fsp3) is 0.200. The maximum atomic E-state index is 5.76. The van der Waals surface area contributed by atoms with Crippen LogP contribution in [0.25, 0.3) is 0 Å². The molecule has 0 aromatic carbocycles. The van der Waals surface area contributed by atoms with E-state index in [2.05, 4.69) is 10.1 Å². The van der Waals surface area contributed by atoms with E-state index in [1.165, 1.54) is 0 Å². The second kappa shape index (κ2) is 4.24. The minimum Gasteiger partial charge on any atom is -0.261 e. The number of nitrogens with zero attached hydrogens (tertiary/aromatic N) is 3. The van der Waals surface area contributed by atoms with Crippen LogP contribution in [0.4, 0.5) is 0 Å². The molecule has 2 heterocycles. The Morgan fingerprint density at radius 3 is 2.73 bits per heavy atom. The molecule has 0 atom stereocenters. The first-order chi connectivity index (χ1) is 7.15. The van der Waals surface area contributed by atoms with Gasteiger partial charge in [0.2, 0.25) is 0 Å². The van der Waals surface area contributed by atoms with Gasteiger partial charge in [-0.05, 0) is 25.1 Å². The van der Waals surface area contributed by atoms with Crippen LogP contribution in [0.5, 0.6) is 0 Å². The summed E-state index contributed by atoms with van der Waals surface area (Å²) in [6, 6.07) is 5.76. The maximum Gasteiger partial charge on any atom is 0.102 e. The van der Waals surface area contributed by atoms with Crippen molar-refractivity contribution in [2.24, 2.45) is 7.05 Å². The van der Waals surface area contributed by atoms with Crippen LogP contribution < -0.4 is 0 Å². The Hall–Kier alpha value is -1.00. The van der Waals surface area contributed by atoms with Gasteiger partial charge in [-0.1, -0.05) is 23.4 Å². The van der Waals surface area contributed by atoms with Gasteiger partial charge in [0.05, 0.1) is 10.7 Å². The van der Waals surface area contributed by atoms with Crippen LogP contribution in [-0.4, -0.2) is 14.8 Å². The zero-order chi connectivity index (χ0) is 10.8. The van der Waals surface area contributed by atoms with Crippen LogP contribution in [0.15, 0.2) is 34.4 Å². The van der Waals surface area contributed by atoms with E-state index in [0.717, 1.165) is 15.7 Å². The summed E-state index contributed by atoms with van der Waals surface area (Å²) in [5.74, 6) is 0. The summed E-state index contributed by atoms with van der Waals surface area (Å²) in [6.45, 7) is 1.97. The Labute approximate surface area is 97.5 Å². The normalized spacial score (nSPS) is 10.6. The SMILES string of the molecule is Cc1cc(Sc2ccc(Cl)cn2)n(C)n1. The third-order valence-corrected chi connectivity index (χ3v) is 3.13. The second-order valence-corrected chi connectivity index (χ2v) is 4.64. The minimum absolute atomic E-state index is 0.653. The highest BCUT2D eigenvalue weighted by Crippen LogP contribution is 2.26. The third-order valence-electron chi connectivity index (χ3n) is 1.87. The molecule has 0 amide bonds. The summed E-state index contributed by atoms with van der Waals surface area (Å²) < 4.78 is 1.84. The highest BCUT2D eigenvalue weighted by molar-refractivity contribution is 7.99. The summed E-state index contributed by atoms with van der Waals surface area (Å²) in [7, 11) is 1.92. The standard InChI is InChI=1S/C10H10ClN3S/c1-7-5-10(14(2)13-7)15-9-4-3-8(11)6-12-9/h3-6H,1-2H3. The first-order valence-electron chi connectivity index (χ1n) is 4.45. The number of pyridine rings is 1. The molecule has 0 aliphatic carbocycles. The maximum absolute atomic E-state index is 5.76. The van der Waals surface area contributed by atoms with Crippen LogP contribution in [0, 0.1) is 6.92 Å². The molecule has 2 aromatic heterocycles. The molecule has 0 spiro atoms.